The average molecular weight is 264 g/mol. The van der Waals surface area contributed by atoms with Crippen LogP contribution in [-0.2, 0) is 6.42 Å². The van der Waals surface area contributed by atoms with Gasteiger partial charge in [-0.3, -0.25) is 4.99 Å². The Hall–Kier alpha value is -1.93. The van der Waals surface area contributed by atoms with E-state index in [1.807, 2.05) is 7.05 Å². The molecule has 1 unspecified atom stereocenters. The van der Waals surface area contributed by atoms with Crippen LogP contribution in [0.1, 0.15) is 23.1 Å². The summed E-state index contributed by atoms with van der Waals surface area (Å²) in [6.45, 7) is 1.01. The van der Waals surface area contributed by atoms with Crippen LogP contribution in [0, 0.1) is 0 Å². The quantitative estimate of drug-likeness (QED) is 0.901. The van der Waals surface area contributed by atoms with E-state index in [1.54, 1.807) is 0 Å². The van der Waals surface area contributed by atoms with Crippen LogP contribution in [0.4, 0.5) is 0 Å². The Morgan fingerprint density at radius 2 is 1.80 bits per heavy atom. The summed E-state index contributed by atoms with van der Waals surface area (Å²) in [6.07, 6.45) is 2.13. The molecule has 1 aliphatic heterocycles. The van der Waals surface area contributed by atoms with Crippen LogP contribution in [0.5, 0.6) is 0 Å². The second-order valence-electron chi connectivity index (χ2n) is 5.25. The van der Waals surface area contributed by atoms with Crippen LogP contribution in [0.3, 0.4) is 0 Å². The molecule has 2 nitrogen and oxygen atoms in total. The van der Waals surface area contributed by atoms with Gasteiger partial charge in [0.15, 0.2) is 0 Å². The summed E-state index contributed by atoms with van der Waals surface area (Å²) in [5, 5.41) is 3.22. The van der Waals surface area contributed by atoms with Gasteiger partial charge in [-0.1, -0.05) is 54.6 Å². The molecule has 0 spiro atoms. The highest BCUT2D eigenvalue weighted by molar-refractivity contribution is 6.14. The van der Waals surface area contributed by atoms with Crippen LogP contribution in [0.15, 0.2) is 59.6 Å². The van der Waals surface area contributed by atoms with Crippen molar-refractivity contribution in [2.45, 2.75) is 18.9 Å². The van der Waals surface area contributed by atoms with E-state index >= 15 is 0 Å². The first kappa shape index (κ1) is 13.1. The minimum Gasteiger partial charge on any atom is -0.320 e. The number of fused-ring (bicyclic) bond motifs is 1. The van der Waals surface area contributed by atoms with E-state index in [2.05, 4.69) is 59.9 Å². The van der Waals surface area contributed by atoms with E-state index in [-0.39, 0.29) is 0 Å². The molecule has 1 N–H and O–H groups in total. The van der Waals surface area contributed by atoms with Crippen LogP contribution in [0.2, 0.25) is 0 Å². The predicted octanol–water partition coefficient (Wildman–Crippen LogP) is 3.06. The van der Waals surface area contributed by atoms with E-state index in [1.165, 1.54) is 16.7 Å². The van der Waals surface area contributed by atoms with Gasteiger partial charge in [0.25, 0.3) is 0 Å². The van der Waals surface area contributed by atoms with Crippen molar-refractivity contribution < 1.29 is 0 Å². The summed E-state index contributed by atoms with van der Waals surface area (Å²) in [6, 6.07) is 19.5. The summed E-state index contributed by atoms with van der Waals surface area (Å²) in [4.78, 5) is 5.01. The lowest BCUT2D eigenvalue weighted by Crippen LogP contribution is -2.25. The SMILES string of the molecule is CNCCC1Cc2ccccc2C(c2ccccc2)=N1. The number of benzene rings is 2. The Labute approximate surface area is 120 Å². The molecule has 1 atom stereocenters. The molecule has 0 fully saturated rings. The molecule has 20 heavy (non-hydrogen) atoms. The maximum atomic E-state index is 5.01. The molecule has 0 radical (unpaired) electrons. The molecule has 1 heterocycles. The third-order valence-corrected chi connectivity index (χ3v) is 3.81. The summed E-state index contributed by atoms with van der Waals surface area (Å²) in [5.41, 5.74) is 5.07. The van der Waals surface area contributed by atoms with Crippen molar-refractivity contribution in [1.29, 1.82) is 0 Å². The van der Waals surface area contributed by atoms with Crippen LogP contribution < -0.4 is 5.32 Å². The summed E-state index contributed by atoms with van der Waals surface area (Å²) < 4.78 is 0. The highest BCUT2D eigenvalue weighted by Gasteiger charge is 2.21. The summed E-state index contributed by atoms with van der Waals surface area (Å²) >= 11 is 0. The van der Waals surface area contributed by atoms with E-state index in [4.69, 9.17) is 4.99 Å². The highest BCUT2D eigenvalue weighted by Crippen LogP contribution is 2.24. The molecule has 2 aromatic carbocycles. The number of nitrogens with zero attached hydrogens (tertiary/aromatic N) is 1. The lowest BCUT2D eigenvalue weighted by atomic mass is 9.89. The zero-order valence-corrected chi connectivity index (χ0v) is 11.8. The zero-order valence-electron chi connectivity index (χ0n) is 11.8. The Morgan fingerprint density at radius 3 is 2.60 bits per heavy atom. The molecule has 2 heteroatoms. The average Bonchev–Trinajstić information content (AvgIpc) is 2.53. The van der Waals surface area contributed by atoms with Gasteiger partial charge in [0.05, 0.1) is 11.8 Å². The van der Waals surface area contributed by atoms with Gasteiger partial charge in [0.2, 0.25) is 0 Å². The number of aliphatic imine (C=N–C) groups is 1. The number of rotatable bonds is 4. The van der Waals surface area contributed by atoms with Gasteiger partial charge >= 0.3 is 0 Å². The fourth-order valence-electron chi connectivity index (χ4n) is 2.78. The number of hydrogen-bond acceptors (Lipinski definition) is 2. The van der Waals surface area contributed by atoms with Gasteiger partial charge in [0, 0.05) is 11.1 Å². The maximum absolute atomic E-state index is 5.01. The standard InChI is InChI=1S/C18H20N2/c1-19-12-11-16-13-15-9-5-6-10-17(15)18(20-16)14-7-3-2-4-8-14/h2-10,16,19H,11-13H2,1H3. The van der Waals surface area contributed by atoms with Gasteiger partial charge in [0.1, 0.15) is 0 Å². The molecule has 2 aromatic rings. The molecule has 0 aromatic heterocycles. The fourth-order valence-corrected chi connectivity index (χ4v) is 2.78. The minimum absolute atomic E-state index is 0.382. The molecule has 0 aliphatic carbocycles. The van der Waals surface area contributed by atoms with Gasteiger partial charge in [-0.2, -0.15) is 0 Å². The first-order valence-corrected chi connectivity index (χ1v) is 7.24. The largest absolute Gasteiger partial charge is 0.320 e. The van der Waals surface area contributed by atoms with Crippen molar-refractivity contribution in [2.75, 3.05) is 13.6 Å². The van der Waals surface area contributed by atoms with E-state index < -0.39 is 0 Å². The van der Waals surface area contributed by atoms with Crippen molar-refractivity contribution in [1.82, 2.24) is 5.32 Å². The van der Waals surface area contributed by atoms with Crippen molar-refractivity contribution in [2.24, 2.45) is 4.99 Å². The van der Waals surface area contributed by atoms with Crippen molar-refractivity contribution >= 4 is 5.71 Å². The van der Waals surface area contributed by atoms with Gasteiger partial charge in [-0.05, 0) is 32.0 Å². The fraction of sp³-hybridized carbons (Fsp3) is 0.278. The second kappa shape index (κ2) is 6.02. The van der Waals surface area contributed by atoms with E-state index in [0.717, 1.165) is 25.1 Å². The molecule has 1 aliphatic rings. The Balaban J connectivity index is 2.00. The highest BCUT2D eigenvalue weighted by atomic mass is 14.9. The summed E-state index contributed by atoms with van der Waals surface area (Å²) in [7, 11) is 2.00. The molecule has 0 amide bonds. The first-order valence-electron chi connectivity index (χ1n) is 7.24. The third-order valence-electron chi connectivity index (χ3n) is 3.81. The van der Waals surface area contributed by atoms with Crippen LogP contribution in [0.25, 0.3) is 0 Å². The van der Waals surface area contributed by atoms with Crippen molar-refractivity contribution in [3.8, 4) is 0 Å². The lowest BCUT2D eigenvalue weighted by Gasteiger charge is -2.23. The van der Waals surface area contributed by atoms with Crippen molar-refractivity contribution in [3.05, 3.63) is 71.3 Å². The molecule has 0 saturated carbocycles. The Morgan fingerprint density at radius 1 is 1.05 bits per heavy atom. The zero-order chi connectivity index (χ0) is 13.8. The lowest BCUT2D eigenvalue weighted by molar-refractivity contribution is 0.582. The maximum Gasteiger partial charge on any atom is 0.0725 e. The van der Waals surface area contributed by atoms with Gasteiger partial charge in [-0.25, -0.2) is 0 Å². The Bertz CT molecular complexity index is 602. The predicted molar refractivity (Wildman–Crippen MR) is 84.6 cm³/mol. The molecule has 102 valence electrons. The minimum atomic E-state index is 0.382. The number of nitrogens with one attached hydrogen (secondary N) is 1. The number of hydrogen-bond donors (Lipinski definition) is 1. The third kappa shape index (κ3) is 2.66. The monoisotopic (exact) mass is 264 g/mol. The molecule has 0 saturated heterocycles. The van der Waals surface area contributed by atoms with E-state index in [0.29, 0.717) is 6.04 Å². The summed E-state index contributed by atoms with van der Waals surface area (Å²) in [5.74, 6) is 0. The van der Waals surface area contributed by atoms with Crippen LogP contribution >= 0.6 is 0 Å². The Kier molecular flexibility index (Phi) is 3.93. The smallest absolute Gasteiger partial charge is 0.0725 e. The van der Waals surface area contributed by atoms with Crippen LogP contribution in [-0.4, -0.2) is 25.3 Å². The molecule has 3 rings (SSSR count). The van der Waals surface area contributed by atoms with E-state index in [9.17, 15) is 0 Å². The second-order valence-corrected chi connectivity index (χ2v) is 5.25. The molecular weight excluding hydrogens is 244 g/mol. The molecular formula is C18H20N2. The topological polar surface area (TPSA) is 24.4 Å². The molecule has 0 bridgehead atoms. The van der Waals surface area contributed by atoms with Gasteiger partial charge < -0.3 is 5.32 Å². The normalized spacial score (nSPS) is 17.4. The van der Waals surface area contributed by atoms with Crippen molar-refractivity contribution in [3.63, 3.8) is 0 Å². The first-order chi connectivity index (χ1) is 9.88. The van der Waals surface area contributed by atoms with Gasteiger partial charge in [-0.15, -0.1) is 0 Å².